The first kappa shape index (κ1) is 19.1. The molecule has 1 aromatic carbocycles. The maximum Gasteiger partial charge on any atom is 0.332 e. The fourth-order valence-corrected chi connectivity index (χ4v) is 2.77. The second kappa shape index (κ2) is 9.29. The van der Waals surface area contributed by atoms with E-state index in [1.807, 2.05) is 17.5 Å². The Balaban J connectivity index is 1.93. The van der Waals surface area contributed by atoms with Gasteiger partial charge in [0.2, 0.25) is 0 Å². The van der Waals surface area contributed by atoms with E-state index >= 15 is 0 Å². The van der Waals surface area contributed by atoms with Gasteiger partial charge >= 0.3 is 5.97 Å². The van der Waals surface area contributed by atoms with Crippen LogP contribution in [0, 0.1) is 0 Å². The Labute approximate surface area is 151 Å². The third-order valence-electron chi connectivity index (χ3n) is 3.49. The molecule has 0 spiro atoms. The predicted molar refractivity (Wildman–Crippen MR) is 97.6 cm³/mol. The van der Waals surface area contributed by atoms with Crippen LogP contribution in [0.3, 0.4) is 0 Å². The number of aryl methyl sites for hydroxylation is 1. The Morgan fingerprint density at radius 2 is 1.96 bits per heavy atom. The number of carbonyl (C=O) groups excluding carboxylic acids is 2. The van der Waals surface area contributed by atoms with E-state index in [4.69, 9.17) is 9.47 Å². The predicted octanol–water partition coefficient (Wildman–Crippen LogP) is 3.28. The summed E-state index contributed by atoms with van der Waals surface area (Å²) in [4.78, 5) is 28.0. The van der Waals surface area contributed by atoms with Crippen LogP contribution in [0.4, 0.5) is 5.13 Å². The summed E-state index contributed by atoms with van der Waals surface area (Å²) in [6.07, 6.45) is 0.0719. The van der Waals surface area contributed by atoms with Crippen molar-refractivity contribution in [2.24, 2.45) is 0 Å². The number of ether oxygens (including phenoxy) is 2. The minimum Gasteiger partial charge on any atom is -0.451 e. The minimum atomic E-state index is -0.913. The lowest BCUT2D eigenvalue weighted by Gasteiger charge is -2.12. The molecule has 1 amide bonds. The quantitative estimate of drug-likeness (QED) is 0.729. The topological polar surface area (TPSA) is 77.5 Å². The van der Waals surface area contributed by atoms with E-state index in [9.17, 15) is 9.59 Å². The highest BCUT2D eigenvalue weighted by molar-refractivity contribution is 7.14. The number of anilines is 1. The molecule has 1 N–H and O–H groups in total. The van der Waals surface area contributed by atoms with Crippen LogP contribution in [-0.2, 0) is 25.5 Å². The van der Waals surface area contributed by atoms with E-state index in [0.717, 1.165) is 17.7 Å². The number of amides is 1. The zero-order valence-electron chi connectivity index (χ0n) is 14.6. The molecule has 2 aromatic rings. The lowest BCUT2D eigenvalue weighted by Crippen LogP contribution is -2.31. The number of benzene rings is 1. The Kier molecular flexibility index (Phi) is 7.09. The van der Waals surface area contributed by atoms with Gasteiger partial charge in [0, 0.05) is 17.6 Å². The van der Waals surface area contributed by atoms with Crippen molar-refractivity contribution < 1.29 is 19.1 Å². The lowest BCUT2D eigenvalue weighted by molar-refractivity contribution is -0.157. The Morgan fingerprint density at radius 1 is 1.24 bits per heavy atom. The molecule has 0 aliphatic carbocycles. The molecule has 25 heavy (non-hydrogen) atoms. The van der Waals surface area contributed by atoms with E-state index in [1.165, 1.54) is 23.8 Å². The largest absolute Gasteiger partial charge is 0.451 e. The summed E-state index contributed by atoms with van der Waals surface area (Å²) < 4.78 is 9.95. The first-order valence-electron chi connectivity index (χ1n) is 8.16. The molecule has 0 saturated carbocycles. The molecule has 0 aliphatic heterocycles. The summed E-state index contributed by atoms with van der Waals surface area (Å²) in [6, 6.07) is 8.15. The highest BCUT2D eigenvalue weighted by Gasteiger charge is 2.19. The van der Waals surface area contributed by atoms with Gasteiger partial charge in [0.15, 0.2) is 11.2 Å². The van der Waals surface area contributed by atoms with Crippen LogP contribution in [0.2, 0.25) is 0 Å². The number of nitrogens with one attached hydrogen (secondary N) is 1. The number of esters is 1. The van der Waals surface area contributed by atoms with Crippen molar-refractivity contribution >= 4 is 28.3 Å². The zero-order valence-corrected chi connectivity index (χ0v) is 15.4. The van der Waals surface area contributed by atoms with Crippen LogP contribution in [0.25, 0.3) is 11.3 Å². The van der Waals surface area contributed by atoms with Crippen LogP contribution >= 0.6 is 11.3 Å². The van der Waals surface area contributed by atoms with Gasteiger partial charge in [-0.2, -0.15) is 0 Å². The number of rotatable bonds is 8. The molecule has 1 heterocycles. The molecule has 0 unspecified atom stereocenters. The van der Waals surface area contributed by atoms with Crippen LogP contribution < -0.4 is 5.32 Å². The molecule has 0 bridgehead atoms. The fraction of sp³-hybridized carbons (Fsp3) is 0.389. The summed E-state index contributed by atoms with van der Waals surface area (Å²) in [5, 5.41) is 5.01. The minimum absolute atomic E-state index is 0.163. The van der Waals surface area contributed by atoms with Crippen LogP contribution in [-0.4, -0.2) is 36.2 Å². The molecule has 6 nitrogen and oxygen atoms in total. The van der Waals surface area contributed by atoms with Gasteiger partial charge in [0.05, 0.1) is 5.69 Å². The average molecular weight is 362 g/mol. The smallest absolute Gasteiger partial charge is 0.332 e. The Hall–Kier alpha value is -2.25. The zero-order chi connectivity index (χ0) is 18.2. The monoisotopic (exact) mass is 362 g/mol. The number of carbonyl (C=O) groups is 2. The van der Waals surface area contributed by atoms with Gasteiger partial charge in [-0.3, -0.25) is 10.1 Å². The maximum atomic E-state index is 12.1. The van der Waals surface area contributed by atoms with Crippen LogP contribution in [0.15, 0.2) is 29.6 Å². The van der Waals surface area contributed by atoms with E-state index in [0.29, 0.717) is 11.7 Å². The van der Waals surface area contributed by atoms with Crippen molar-refractivity contribution in [1.29, 1.82) is 0 Å². The van der Waals surface area contributed by atoms with Gasteiger partial charge in [0.1, 0.15) is 6.61 Å². The van der Waals surface area contributed by atoms with Gasteiger partial charge in [-0.1, -0.05) is 31.2 Å². The fourth-order valence-electron chi connectivity index (χ4n) is 2.05. The van der Waals surface area contributed by atoms with Crippen molar-refractivity contribution in [2.75, 3.05) is 18.5 Å². The first-order chi connectivity index (χ1) is 12.0. The maximum absolute atomic E-state index is 12.1. The molecule has 134 valence electrons. The van der Waals surface area contributed by atoms with E-state index in [2.05, 4.69) is 29.4 Å². The van der Waals surface area contributed by atoms with Gasteiger partial charge in [-0.15, -0.1) is 11.3 Å². The third kappa shape index (κ3) is 5.65. The summed E-state index contributed by atoms with van der Waals surface area (Å²) >= 11 is 1.32. The van der Waals surface area contributed by atoms with E-state index in [-0.39, 0.29) is 6.61 Å². The molecule has 7 heteroatoms. The molecule has 2 rings (SSSR count). The van der Waals surface area contributed by atoms with Gasteiger partial charge in [-0.05, 0) is 25.8 Å². The lowest BCUT2D eigenvalue weighted by atomic mass is 10.1. The van der Waals surface area contributed by atoms with E-state index in [1.54, 1.807) is 6.92 Å². The highest BCUT2D eigenvalue weighted by atomic mass is 32.1. The van der Waals surface area contributed by atoms with Crippen molar-refractivity contribution in [3.05, 3.63) is 35.2 Å². The molecular weight excluding hydrogens is 340 g/mol. The summed E-state index contributed by atoms with van der Waals surface area (Å²) in [5.74, 6) is -0.993. The first-order valence-corrected chi connectivity index (χ1v) is 9.04. The Morgan fingerprint density at radius 3 is 2.60 bits per heavy atom. The number of thiazole rings is 1. The van der Waals surface area contributed by atoms with Crippen molar-refractivity contribution in [2.45, 2.75) is 33.3 Å². The second-order valence-electron chi connectivity index (χ2n) is 5.35. The molecule has 0 fully saturated rings. The number of hydrogen-bond donors (Lipinski definition) is 1. The SMILES string of the molecule is CCOCC(=O)O[C@H](C)C(=O)Nc1nc(-c2ccc(CC)cc2)cs1. The highest BCUT2D eigenvalue weighted by Crippen LogP contribution is 2.25. The summed E-state index contributed by atoms with van der Waals surface area (Å²) in [6.45, 7) is 5.64. The number of nitrogens with zero attached hydrogens (tertiary/aromatic N) is 1. The van der Waals surface area contributed by atoms with Crippen molar-refractivity contribution in [3.8, 4) is 11.3 Å². The second-order valence-corrected chi connectivity index (χ2v) is 6.20. The van der Waals surface area contributed by atoms with Gasteiger partial charge in [0.25, 0.3) is 5.91 Å². The molecular formula is C18H22N2O4S. The van der Waals surface area contributed by atoms with Crippen LogP contribution in [0.5, 0.6) is 0 Å². The third-order valence-corrected chi connectivity index (χ3v) is 4.25. The number of aromatic nitrogens is 1. The average Bonchev–Trinajstić information content (AvgIpc) is 3.08. The number of hydrogen-bond acceptors (Lipinski definition) is 6. The molecule has 0 aliphatic rings. The van der Waals surface area contributed by atoms with Gasteiger partial charge in [-0.25, -0.2) is 9.78 Å². The van der Waals surface area contributed by atoms with Crippen molar-refractivity contribution in [3.63, 3.8) is 0 Å². The summed E-state index contributed by atoms with van der Waals surface area (Å²) in [5.41, 5.74) is 3.05. The van der Waals surface area contributed by atoms with E-state index < -0.39 is 18.0 Å². The molecule has 0 saturated heterocycles. The molecule has 1 atom stereocenters. The van der Waals surface area contributed by atoms with Crippen LogP contribution in [0.1, 0.15) is 26.3 Å². The molecule has 0 radical (unpaired) electrons. The van der Waals surface area contributed by atoms with Crippen molar-refractivity contribution in [1.82, 2.24) is 4.98 Å². The Bertz CT molecular complexity index is 712. The summed E-state index contributed by atoms with van der Waals surface area (Å²) in [7, 11) is 0. The van der Waals surface area contributed by atoms with Gasteiger partial charge < -0.3 is 9.47 Å². The standard InChI is InChI=1S/C18H22N2O4S/c1-4-13-6-8-14(9-7-13)15-11-25-18(19-15)20-17(22)12(3)24-16(21)10-23-5-2/h6-9,11-12H,4-5,10H2,1-3H3,(H,19,20,22)/t12-/m1/s1. The molecule has 1 aromatic heterocycles. The normalized spacial score (nSPS) is 11.8.